The number of nitrogens with one attached hydrogen (secondary N) is 1. The van der Waals surface area contributed by atoms with Crippen LogP contribution in [0, 0.1) is 11.8 Å². The Balaban J connectivity index is 3.11. The van der Waals surface area contributed by atoms with Gasteiger partial charge in [-0.2, -0.15) is 0 Å². The second-order valence-electron chi connectivity index (χ2n) is 6.01. The highest BCUT2D eigenvalue weighted by atomic mass is 16.2. The monoisotopic (exact) mass is 304 g/mol. The van der Waals surface area contributed by atoms with Crippen molar-refractivity contribution in [3.63, 3.8) is 0 Å². The zero-order valence-corrected chi connectivity index (χ0v) is 13.5. The Hall–Kier alpha value is -2.01. The van der Waals surface area contributed by atoms with Crippen molar-refractivity contribution in [1.82, 2.24) is 5.32 Å². The number of amides is 1. The van der Waals surface area contributed by atoms with E-state index in [1.54, 1.807) is 44.2 Å². The second-order valence-corrected chi connectivity index (χ2v) is 6.01. The Morgan fingerprint density at radius 3 is 1.95 bits per heavy atom. The van der Waals surface area contributed by atoms with Crippen molar-refractivity contribution in [2.75, 3.05) is 0 Å². The van der Waals surface area contributed by atoms with Gasteiger partial charge in [0.05, 0.1) is 6.04 Å². The van der Waals surface area contributed by atoms with Crippen LogP contribution in [-0.2, 0) is 9.59 Å². The first-order chi connectivity index (χ1) is 10.3. The highest BCUT2D eigenvalue weighted by molar-refractivity contribution is 6.14. The summed E-state index contributed by atoms with van der Waals surface area (Å²) in [6.45, 7) is 7.08. The van der Waals surface area contributed by atoms with Crippen LogP contribution in [0.3, 0.4) is 0 Å². The number of nitrogens with two attached hydrogens (primary N) is 1. The standard InChI is InChI=1S/C17H24N2O3/c1-10(2)13(17(18)22)19-14(15(20)11(3)4)16(21)12-8-6-5-7-9-12/h5-11,13-14,19H,1-4H3,(H2,18,22)/t13-,14-/m1/s1. The van der Waals surface area contributed by atoms with E-state index in [2.05, 4.69) is 5.32 Å². The molecule has 120 valence electrons. The molecule has 0 fully saturated rings. The van der Waals surface area contributed by atoms with Gasteiger partial charge in [-0.1, -0.05) is 58.0 Å². The third kappa shape index (κ3) is 4.49. The fourth-order valence-corrected chi connectivity index (χ4v) is 2.17. The lowest BCUT2D eigenvalue weighted by Crippen LogP contribution is -2.55. The molecule has 0 saturated carbocycles. The van der Waals surface area contributed by atoms with Gasteiger partial charge >= 0.3 is 0 Å². The van der Waals surface area contributed by atoms with Crippen molar-refractivity contribution in [1.29, 1.82) is 0 Å². The fourth-order valence-electron chi connectivity index (χ4n) is 2.17. The van der Waals surface area contributed by atoms with Crippen molar-refractivity contribution in [2.24, 2.45) is 17.6 Å². The Bertz CT molecular complexity index is 538. The van der Waals surface area contributed by atoms with Crippen LogP contribution in [0.5, 0.6) is 0 Å². The van der Waals surface area contributed by atoms with Crippen LogP contribution in [0.1, 0.15) is 38.1 Å². The van der Waals surface area contributed by atoms with E-state index in [-0.39, 0.29) is 23.4 Å². The molecule has 1 aromatic rings. The number of carbonyl (C=O) groups excluding carboxylic acids is 3. The lowest BCUT2D eigenvalue weighted by atomic mass is 9.92. The smallest absolute Gasteiger partial charge is 0.234 e. The van der Waals surface area contributed by atoms with Crippen LogP contribution in [-0.4, -0.2) is 29.6 Å². The molecule has 0 radical (unpaired) electrons. The molecule has 1 amide bonds. The number of ketones is 2. The number of carbonyl (C=O) groups is 3. The van der Waals surface area contributed by atoms with Gasteiger partial charge in [-0.05, 0) is 5.92 Å². The Labute approximate surface area is 131 Å². The summed E-state index contributed by atoms with van der Waals surface area (Å²) >= 11 is 0. The van der Waals surface area contributed by atoms with Gasteiger partial charge in [0.25, 0.3) is 0 Å². The molecule has 1 aromatic carbocycles. The lowest BCUT2D eigenvalue weighted by Gasteiger charge is -2.25. The molecular formula is C17H24N2O3. The zero-order chi connectivity index (χ0) is 16.9. The Morgan fingerprint density at radius 1 is 1.00 bits per heavy atom. The van der Waals surface area contributed by atoms with E-state index in [0.29, 0.717) is 5.56 Å². The summed E-state index contributed by atoms with van der Waals surface area (Å²) in [6, 6.07) is 6.77. The van der Waals surface area contributed by atoms with E-state index in [1.165, 1.54) is 0 Å². The molecular weight excluding hydrogens is 280 g/mol. The van der Waals surface area contributed by atoms with Crippen molar-refractivity contribution in [3.8, 4) is 0 Å². The third-order valence-electron chi connectivity index (χ3n) is 3.49. The Morgan fingerprint density at radius 2 is 1.55 bits per heavy atom. The normalized spacial score (nSPS) is 13.9. The van der Waals surface area contributed by atoms with Crippen molar-refractivity contribution in [3.05, 3.63) is 35.9 Å². The van der Waals surface area contributed by atoms with Crippen LogP contribution in [0.4, 0.5) is 0 Å². The maximum atomic E-state index is 12.6. The molecule has 0 aliphatic rings. The van der Waals surface area contributed by atoms with Crippen molar-refractivity contribution >= 4 is 17.5 Å². The van der Waals surface area contributed by atoms with Gasteiger partial charge in [-0.25, -0.2) is 0 Å². The summed E-state index contributed by atoms with van der Waals surface area (Å²) in [5.74, 6) is -1.61. The maximum Gasteiger partial charge on any atom is 0.234 e. The SMILES string of the molecule is CC(C)C(=O)[C@@H](N[C@@H](C(N)=O)C(C)C)C(=O)c1ccccc1. The predicted molar refractivity (Wildman–Crippen MR) is 85.4 cm³/mol. The van der Waals surface area contributed by atoms with Gasteiger partial charge in [-0.3, -0.25) is 19.7 Å². The molecule has 3 N–H and O–H groups in total. The van der Waals surface area contributed by atoms with Crippen LogP contribution in [0.2, 0.25) is 0 Å². The molecule has 5 heteroatoms. The first-order valence-corrected chi connectivity index (χ1v) is 7.44. The molecule has 5 nitrogen and oxygen atoms in total. The van der Waals surface area contributed by atoms with E-state index >= 15 is 0 Å². The van der Waals surface area contributed by atoms with E-state index in [4.69, 9.17) is 5.73 Å². The minimum atomic E-state index is -1.07. The minimum absolute atomic E-state index is 0.122. The van der Waals surface area contributed by atoms with Crippen LogP contribution < -0.4 is 11.1 Å². The summed E-state index contributed by atoms with van der Waals surface area (Å²) in [4.78, 5) is 36.6. The molecule has 1 rings (SSSR count). The molecule has 0 saturated heterocycles. The highest BCUT2D eigenvalue weighted by Crippen LogP contribution is 2.11. The molecule has 0 aliphatic carbocycles. The number of rotatable bonds is 8. The largest absolute Gasteiger partial charge is 0.368 e. The molecule has 0 heterocycles. The molecule has 22 heavy (non-hydrogen) atoms. The number of hydrogen-bond acceptors (Lipinski definition) is 4. The average Bonchev–Trinajstić information content (AvgIpc) is 2.47. The number of Topliss-reactive ketones (excluding diaryl/α,β-unsaturated/α-hetero) is 2. The highest BCUT2D eigenvalue weighted by Gasteiger charge is 2.33. The molecule has 0 unspecified atom stereocenters. The molecule has 2 atom stereocenters. The van der Waals surface area contributed by atoms with Crippen LogP contribution >= 0.6 is 0 Å². The number of benzene rings is 1. The minimum Gasteiger partial charge on any atom is -0.368 e. The summed E-state index contributed by atoms with van der Waals surface area (Å²) in [5, 5.41) is 2.86. The van der Waals surface area contributed by atoms with E-state index in [9.17, 15) is 14.4 Å². The average molecular weight is 304 g/mol. The molecule has 0 bridgehead atoms. The number of hydrogen-bond donors (Lipinski definition) is 2. The second kappa shape index (κ2) is 7.84. The van der Waals surface area contributed by atoms with E-state index < -0.39 is 18.0 Å². The summed E-state index contributed by atoms with van der Waals surface area (Å²) in [5.41, 5.74) is 5.81. The molecule has 0 aromatic heterocycles. The van der Waals surface area contributed by atoms with Crippen LogP contribution in [0.25, 0.3) is 0 Å². The summed E-state index contributed by atoms with van der Waals surface area (Å²) < 4.78 is 0. The quantitative estimate of drug-likeness (QED) is 0.563. The first kappa shape index (κ1) is 18.0. The topological polar surface area (TPSA) is 89.3 Å². The number of primary amides is 1. The summed E-state index contributed by atoms with van der Waals surface area (Å²) in [7, 11) is 0. The van der Waals surface area contributed by atoms with E-state index in [1.807, 2.05) is 13.8 Å². The van der Waals surface area contributed by atoms with Gasteiger partial charge in [0, 0.05) is 11.5 Å². The maximum absolute atomic E-state index is 12.6. The van der Waals surface area contributed by atoms with Crippen LogP contribution in [0.15, 0.2) is 30.3 Å². The van der Waals surface area contributed by atoms with Gasteiger partial charge < -0.3 is 5.73 Å². The fraction of sp³-hybridized carbons (Fsp3) is 0.471. The van der Waals surface area contributed by atoms with Crippen molar-refractivity contribution < 1.29 is 14.4 Å². The van der Waals surface area contributed by atoms with E-state index in [0.717, 1.165) is 0 Å². The van der Waals surface area contributed by atoms with Gasteiger partial charge in [0.1, 0.15) is 6.04 Å². The Kier molecular flexibility index (Phi) is 6.43. The summed E-state index contributed by atoms with van der Waals surface area (Å²) in [6.07, 6.45) is 0. The third-order valence-corrected chi connectivity index (χ3v) is 3.49. The van der Waals surface area contributed by atoms with Gasteiger partial charge in [0.2, 0.25) is 5.91 Å². The predicted octanol–water partition coefficient (Wildman–Crippen LogP) is 1.56. The van der Waals surface area contributed by atoms with Crippen molar-refractivity contribution in [2.45, 2.75) is 39.8 Å². The van der Waals surface area contributed by atoms with Gasteiger partial charge in [-0.15, -0.1) is 0 Å². The molecule has 0 aliphatic heterocycles. The first-order valence-electron chi connectivity index (χ1n) is 7.44. The lowest BCUT2D eigenvalue weighted by molar-refractivity contribution is -0.124. The zero-order valence-electron chi connectivity index (χ0n) is 13.5. The van der Waals surface area contributed by atoms with Gasteiger partial charge in [0.15, 0.2) is 11.6 Å². The molecule has 0 spiro atoms.